The summed E-state index contributed by atoms with van der Waals surface area (Å²) in [6, 6.07) is 11.0. The fourth-order valence-corrected chi connectivity index (χ4v) is 3.05. The van der Waals surface area contributed by atoms with Gasteiger partial charge in [-0.1, -0.05) is 18.2 Å². The zero-order valence-corrected chi connectivity index (χ0v) is 14.1. The molecule has 0 spiro atoms. The molecule has 0 aliphatic rings. The Labute approximate surface area is 140 Å². The van der Waals surface area contributed by atoms with E-state index in [-0.39, 0.29) is 24.8 Å². The molecule has 0 saturated carbocycles. The van der Waals surface area contributed by atoms with E-state index in [1.807, 2.05) is 48.7 Å². The molecule has 1 aromatic heterocycles. The number of rotatable bonds is 7. The third-order valence-corrected chi connectivity index (χ3v) is 4.56. The second-order valence-corrected chi connectivity index (χ2v) is 6.16. The van der Waals surface area contributed by atoms with Crippen LogP contribution in [0.3, 0.4) is 0 Å². The molecule has 3 N–H and O–H groups in total. The van der Waals surface area contributed by atoms with Crippen LogP contribution in [0.4, 0.5) is 10.5 Å². The number of nitrogens with one attached hydrogen (secondary N) is 2. The Balaban J connectivity index is 2.01. The van der Waals surface area contributed by atoms with Gasteiger partial charge in [0.15, 0.2) is 0 Å². The molecule has 124 valence electrons. The molecule has 0 saturated heterocycles. The molecule has 5 nitrogen and oxygen atoms in total. The van der Waals surface area contributed by atoms with Crippen LogP contribution < -0.4 is 10.6 Å². The monoisotopic (exact) mass is 334 g/mol. The van der Waals surface area contributed by atoms with Crippen molar-refractivity contribution < 1.29 is 14.6 Å². The minimum atomic E-state index is -0.293. The van der Waals surface area contributed by atoms with Crippen LogP contribution in [0.2, 0.25) is 0 Å². The van der Waals surface area contributed by atoms with Gasteiger partial charge >= 0.3 is 6.03 Å². The molecule has 0 fully saturated rings. The van der Waals surface area contributed by atoms with Crippen LogP contribution in [-0.4, -0.2) is 24.9 Å². The molecule has 6 heteroatoms. The first-order chi connectivity index (χ1) is 11.1. The van der Waals surface area contributed by atoms with E-state index >= 15 is 0 Å². The summed E-state index contributed by atoms with van der Waals surface area (Å²) in [5.41, 5.74) is 1.70. The Morgan fingerprint density at radius 3 is 2.83 bits per heavy atom. The number of aliphatic hydroxyl groups excluding tert-OH is 1. The first kappa shape index (κ1) is 17.5. The summed E-state index contributed by atoms with van der Waals surface area (Å²) >= 11 is 1.56. The van der Waals surface area contributed by atoms with Crippen LogP contribution in [0.5, 0.6) is 0 Å². The average Bonchev–Trinajstić information content (AvgIpc) is 3.08. The van der Waals surface area contributed by atoms with Crippen LogP contribution in [0, 0.1) is 0 Å². The molecule has 2 atom stereocenters. The first-order valence-electron chi connectivity index (χ1n) is 7.48. The van der Waals surface area contributed by atoms with E-state index in [0.717, 1.165) is 10.4 Å². The second kappa shape index (κ2) is 8.67. The highest BCUT2D eigenvalue weighted by Gasteiger charge is 2.15. The van der Waals surface area contributed by atoms with E-state index in [4.69, 9.17) is 4.74 Å². The van der Waals surface area contributed by atoms with Crippen molar-refractivity contribution in [3.8, 4) is 0 Å². The van der Waals surface area contributed by atoms with Gasteiger partial charge in [-0.25, -0.2) is 4.79 Å². The lowest BCUT2D eigenvalue weighted by Crippen LogP contribution is -2.32. The van der Waals surface area contributed by atoms with Crippen molar-refractivity contribution in [3.63, 3.8) is 0 Å². The van der Waals surface area contributed by atoms with Gasteiger partial charge in [0, 0.05) is 24.3 Å². The number of carbonyl (C=O) groups excluding carboxylic acids is 1. The third-order valence-electron chi connectivity index (χ3n) is 3.58. The molecule has 2 amide bonds. The molecule has 0 aliphatic carbocycles. The zero-order valence-electron chi connectivity index (χ0n) is 13.3. The number of anilines is 1. The normalized spacial score (nSPS) is 13.3. The number of hydrogen-bond donors (Lipinski definition) is 3. The molecule has 0 radical (unpaired) electrons. The number of ether oxygens (including phenoxy) is 1. The lowest BCUT2D eigenvalue weighted by molar-refractivity contribution is 0.119. The number of hydrogen-bond acceptors (Lipinski definition) is 4. The number of carbonyl (C=O) groups is 1. The Morgan fingerprint density at radius 2 is 2.17 bits per heavy atom. The van der Waals surface area contributed by atoms with Gasteiger partial charge < -0.3 is 20.5 Å². The summed E-state index contributed by atoms with van der Waals surface area (Å²) in [6.07, 6.45) is 0.447. The van der Waals surface area contributed by atoms with Gasteiger partial charge in [-0.05, 0) is 42.5 Å². The van der Waals surface area contributed by atoms with Gasteiger partial charge in [0.1, 0.15) is 0 Å². The number of amides is 2. The maximum absolute atomic E-state index is 12.2. The lowest BCUT2D eigenvalue weighted by Gasteiger charge is -2.17. The molecule has 0 aliphatic heterocycles. The quantitative estimate of drug-likeness (QED) is 0.723. The van der Waals surface area contributed by atoms with Crippen molar-refractivity contribution in [1.82, 2.24) is 5.32 Å². The predicted octanol–water partition coefficient (Wildman–Crippen LogP) is 3.70. The van der Waals surface area contributed by atoms with Crippen molar-refractivity contribution in [2.75, 3.05) is 19.0 Å². The van der Waals surface area contributed by atoms with Crippen LogP contribution in [-0.2, 0) is 4.74 Å². The molecular weight excluding hydrogens is 312 g/mol. The molecule has 1 heterocycles. The Morgan fingerprint density at radius 1 is 1.35 bits per heavy atom. The van der Waals surface area contributed by atoms with Gasteiger partial charge in [0.25, 0.3) is 0 Å². The highest BCUT2D eigenvalue weighted by atomic mass is 32.1. The van der Waals surface area contributed by atoms with Crippen molar-refractivity contribution in [2.24, 2.45) is 0 Å². The molecule has 2 aromatic rings. The van der Waals surface area contributed by atoms with E-state index in [1.54, 1.807) is 18.4 Å². The van der Waals surface area contributed by atoms with E-state index in [1.165, 1.54) is 0 Å². The molecule has 1 aromatic carbocycles. The summed E-state index contributed by atoms with van der Waals surface area (Å²) in [4.78, 5) is 13.2. The second-order valence-electron chi connectivity index (χ2n) is 5.18. The average molecular weight is 334 g/mol. The minimum Gasteiger partial charge on any atom is -0.396 e. The number of aliphatic hydroxyl groups is 1. The first-order valence-corrected chi connectivity index (χ1v) is 8.36. The minimum absolute atomic E-state index is 0.0175. The summed E-state index contributed by atoms with van der Waals surface area (Å²) < 4.78 is 5.29. The van der Waals surface area contributed by atoms with E-state index in [0.29, 0.717) is 12.1 Å². The van der Waals surface area contributed by atoms with E-state index in [2.05, 4.69) is 10.6 Å². The SMILES string of the molecule is CO[C@H](C)c1cccc(NC(=O)N[C@@H](CCO)c2cccs2)c1. The third kappa shape index (κ3) is 5.06. The number of benzene rings is 1. The van der Waals surface area contributed by atoms with Gasteiger partial charge in [-0.15, -0.1) is 11.3 Å². The fourth-order valence-electron chi connectivity index (χ4n) is 2.23. The standard InChI is InChI=1S/C17H22N2O3S/c1-12(22-2)13-5-3-6-14(11-13)18-17(21)19-15(8-9-20)16-7-4-10-23-16/h3-7,10-12,15,20H,8-9H2,1-2H3,(H2,18,19,21)/t12-,15+/m1/s1. The maximum Gasteiger partial charge on any atom is 0.319 e. The van der Waals surface area contributed by atoms with Gasteiger partial charge in [-0.2, -0.15) is 0 Å². The van der Waals surface area contributed by atoms with Gasteiger partial charge in [-0.3, -0.25) is 0 Å². The molecule has 0 unspecified atom stereocenters. The predicted molar refractivity (Wildman–Crippen MR) is 92.8 cm³/mol. The fraction of sp³-hybridized carbons (Fsp3) is 0.353. The van der Waals surface area contributed by atoms with E-state index in [9.17, 15) is 9.90 Å². The van der Waals surface area contributed by atoms with Crippen molar-refractivity contribution in [1.29, 1.82) is 0 Å². The van der Waals surface area contributed by atoms with E-state index < -0.39 is 0 Å². The van der Waals surface area contributed by atoms with Crippen LogP contribution in [0.25, 0.3) is 0 Å². The molecule has 2 rings (SSSR count). The van der Waals surface area contributed by atoms with Crippen molar-refractivity contribution >= 4 is 23.1 Å². The Hall–Kier alpha value is -1.89. The van der Waals surface area contributed by atoms with Gasteiger partial charge in [0.05, 0.1) is 12.1 Å². The Kier molecular flexibility index (Phi) is 6.58. The summed E-state index contributed by atoms with van der Waals surface area (Å²) in [7, 11) is 1.65. The van der Waals surface area contributed by atoms with Gasteiger partial charge in [0.2, 0.25) is 0 Å². The summed E-state index contributed by atoms with van der Waals surface area (Å²) in [6.45, 7) is 1.97. The van der Waals surface area contributed by atoms with Crippen LogP contribution >= 0.6 is 11.3 Å². The lowest BCUT2D eigenvalue weighted by atomic mass is 10.1. The zero-order chi connectivity index (χ0) is 16.7. The van der Waals surface area contributed by atoms with Crippen molar-refractivity contribution in [3.05, 3.63) is 52.2 Å². The summed E-state index contributed by atoms with van der Waals surface area (Å²) in [5, 5.41) is 16.9. The van der Waals surface area contributed by atoms with Crippen LogP contribution in [0.1, 0.15) is 35.9 Å². The number of thiophene rings is 1. The summed E-state index contributed by atoms with van der Waals surface area (Å²) in [5.74, 6) is 0. The molecule has 23 heavy (non-hydrogen) atoms. The smallest absolute Gasteiger partial charge is 0.319 e. The maximum atomic E-state index is 12.2. The largest absolute Gasteiger partial charge is 0.396 e. The number of urea groups is 1. The topological polar surface area (TPSA) is 70.6 Å². The Bertz CT molecular complexity index is 616. The van der Waals surface area contributed by atoms with Crippen molar-refractivity contribution in [2.45, 2.75) is 25.5 Å². The highest BCUT2D eigenvalue weighted by molar-refractivity contribution is 7.10. The molecule has 0 bridgehead atoms. The number of methoxy groups -OCH3 is 1. The highest BCUT2D eigenvalue weighted by Crippen LogP contribution is 2.23. The molecular formula is C17H22N2O3S. The van der Waals surface area contributed by atoms with Crippen LogP contribution in [0.15, 0.2) is 41.8 Å².